The number of nitrogens with one attached hydrogen (secondary N) is 2. The van der Waals surface area contributed by atoms with E-state index in [4.69, 9.17) is 23.2 Å². The topological polar surface area (TPSA) is 75.3 Å². The molecule has 9 heteroatoms. The second-order valence-electron chi connectivity index (χ2n) is 6.66. The molecule has 0 heterocycles. The molecule has 5 nitrogen and oxygen atoms in total. The molecule has 0 spiro atoms. The monoisotopic (exact) mass is 494 g/mol. The first-order chi connectivity index (χ1) is 14.8. The number of halogens is 2. The van der Waals surface area contributed by atoms with Crippen molar-refractivity contribution in [3.05, 3.63) is 88.4 Å². The standard InChI is InChI=1S/C22H20Cl2N2O3S2/c1-30-18-9-5-8-17(14-18)25-22(27)20(12-15-6-3-2-4-7-15)26-31(28,29)21-13-16(23)10-11-19(21)24/h2-11,13-14,20,26H,12H2,1H3,(H,25,27)/t20-/m1/s1. The lowest BCUT2D eigenvalue weighted by Gasteiger charge is -2.19. The number of anilines is 1. The van der Waals surface area contributed by atoms with Crippen LogP contribution >= 0.6 is 35.0 Å². The molecule has 3 aromatic carbocycles. The number of hydrogen-bond acceptors (Lipinski definition) is 4. The molecular weight excluding hydrogens is 475 g/mol. The Morgan fingerprint density at radius 2 is 1.74 bits per heavy atom. The van der Waals surface area contributed by atoms with Gasteiger partial charge in [-0.1, -0.05) is 59.6 Å². The van der Waals surface area contributed by atoms with E-state index in [0.29, 0.717) is 5.69 Å². The van der Waals surface area contributed by atoms with Crippen LogP contribution in [0.25, 0.3) is 0 Å². The van der Waals surface area contributed by atoms with E-state index >= 15 is 0 Å². The highest BCUT2D eigenvalue weighted by Crippen LogP contribution is 2.25. The van der Waals surface area contributed by atoms with Gasteiger partial charge in [0.25, 0.3) is 0 Å². The molecule has 162 valence electrons. The van der Waals surface area contributed by atoms with E-state index in [1.165, 1.54) is 18.2 Å². The van der Waals surface area contributed by atoms with Crippen LogP contribution in [0.4, 0.5) is 5.69 Å². The van der Waals surface area contributed by atoms with Crippen LogP contribution in [-0.2, 0) is 21.2 Å². The first-order valence-electron chi connectivity index (χ1n) is 9.25. The molecule has 3 rings (SSSR count). The minimum Gasteiger partial charge on any atom is -0.325 e. The van der Waals surface area contributed by atoms with Crippen LogP contribution in [0.2, 0.25) is 10.0 Å². The molecule has 0 unspecified atom stereocenters. The SMILES string of the molecule is CSc1cccc(NC(=O)[C@@H](Cc2ccccc2)NS(=O)(=O)c2cc(Cl)ccc2Cl)c1. The zero-order valence-corrected chi connectivity index (χ0v) is 19.7. The summed E-state index contributed by atoms with van der Waals surface area (Å²) in [4.78, 5) is 13.9. The highest BCUT2D eigenvalue weighted by molar-refractivity contribution is 7.98. The minimum absolute atomic E-state index is 0.0171. The molecular formula is C22H20Cl2N2O3S2. The summed E-state index contributed by atoms with van der Waals surface area (Å²) in [6, 6.07) is 19.6. The Kier molecular flexibility index (Phi) is 8.02. The van der Waals surface area contributed by atoms with Gasteiger partial charge < -0.3 is 5.32 Å². The van der Waals surface area contributed by atoms with Crippen molar-refractivity contribution in [1.82, 2.24) is 4.72 Å². The highest BCUT2D eigenvalue weighted by atomic mass is 35.5. The zero-order chi connectivity index (χ0) is 22.4. The number of carbonyl (C=O) groups excluding carboxylic acids is 1. The fraction of sp³-hybridized carbons (Fsp3) is 0.136. The second-order valence-corrected chi connectivity index (χ2v) is 10.1. The molecule has 2 N–H and O–H groups in total. The summed E-state index contributed by atoms with van der Waals surface area (Å²) < 4.78 is 28.5. The predicted octanol–water partition coefficient (Wildman–Crippen LogP) is 5.24. The van der Waals surface area contributed by atoms with Crippen molar-refractivity contribution in [3.8, 4) is 0 Å². The van der Waals surface area contributed by atoms with E-state index in [-0.39, 0.29) is 21.4 Å². The van der Waals surface area contributed by atoms with Crippen molar-refractivity contribution < 1.29 is 13.2 Å². The average molecular weight is 495 g/mol. The van der Waals surface area contributed by atoms with Crippen LogP contribution in [-0.4, -0.2) is 26.6 Å². The average Bonchev–Trinajstić information content (AvgIpc) is 2.75. The van der Waals surface area contributed by atoms with E-state index in [9.17, 15) is 13.2 Å². The summed E-state index contributed by atoms with van der Waals surface area (Å²) in [6.07, 6.45) is 2.09. The number of hydrogen-bond donors (Lipinski definition) is 2. The third kappa shape index (κ3) is 6.48. The number of benzene rings is 3. The smallest absolute Gasteiger partial charge is 0.242 e. The van der Waals surface area contributed by atoms with Gasteiger partial charge in [-0.25, -0.2) is 8.42 Å². The van der Waals surface area contributed by atoms with Crippen molar-refractivity contribution in [3.63, 3.8) is 0 Å². The molecule has 3 aromatic rings. The van der Waals surface area contributed by atoms with Gasteiger partial charge in [0, 0.05) is 15.6 Å². The quantitative estimate of drug-likeness (QED) is 0.419. The van der Waals surface area contributed by atoms with E-state index in [1.54, 1.807) is 17.8 Å². The fourth-order valence-corrected chi connectivity index (χ4v) is 5.32. The van der Waals surface area contributed by atoms with Gasteiger partial charge in [0.15, 0.2) is 0 Å². The summed E-state index contributed by atoms with van der Waals surface area (Å²) >= 11 is 13.6. The summed E-state index contributed by atoms with van der Waals surface area (Å²) in [5, 5.41) is 3.04. The van der Waals surface area contributed by atoms with Gasteiger partial charge in [-0.3, -0.25) is 4.79 Å². The number of thioether (sulfide) groups is 1. The largest absolute Gasteiger partial charge is 0.325 e. The van der Waals surface area contributed by atoms with Gasteiger partial charge in [0.1, 0.15) is 10.9 Å². The second kappa shape index (κ2) is 10.5. The van der Waals surface area contributed by atoms with Crippen LogP contribution in [0.1, 0.15) is 5.56 Å². The summed E-state index contributed by atoms with van der Waals surface area (Å²) in [5.74, 6) is -0.483. The van der Waals surface area contributed by atoms with Gasteiger partial charge >= 0.3 is 0 Å². The Morgan fingerprint density at radius 1 is 1.00 bits per heavy atom. The van der Waals surface area contributed by atoms with Gasteiger partial charge in [-0.2, -0.15) is 4.72 Å². The Hall–Kier alpha value is -2.03. The Balaban J connectivity index is 1.90. The van der Waals surface area contributed by atoms with Gasteiger partial charge in [0.2, 0.25) is 15.9 Å². The van der Waals surface area contributed by atoms with E-state index < -0.39 is 22.0 Å². The lowest BCUT2D eigenvalue weighted by Crippen LogP contribution is -2.45. The number of amides is 1. The lowest BCUT2D eigenvalue weighted by atomic mass is 10.1. The normalized spacial score (nSPS) is 12.4. The van der Waals surface area contributed by atoms with Gasteiger partial charge in [0.05, 0.1) is 5.02 Å². The first kappa shape index (κ1) is 23.6. The molecule has 31 heavy (non-hydrogen) atoms. The molecule has 0 aliphatic heterocycles. The van der Waals surface area contributed by atoms with Crippen molar-refractivity contribution in [2.75, 3.05) is 11.6 Å². The summed E-state index contributed by atoms with van der Waals surface area (Å²) in [5.41, 5.74) is 1.38. The van der Waals surface area contributed by atoms with E-state index in [2.05, 4.69) is 10.0 Å². The van der Waals surface area contributed by atoms with Gasteiger partial charge in [-0.15, -0.1) is 11.8 Å². The van der Waals surface area contributed by atoms with Crippen LogP contribution in [0.15, 0.2) is 82.6 Å². The molecule has 0 bridgehead atoms. The van der Waals surface area contributed by atoms with Crippen molar-refractivity contribution in [1.29, 1.82) is 0 Å². The minimum atomic E-state index is -4.11. The fourth-order valence-electron chi connectivity index (χ4n) is 2.90. The van der Waals surface area contributed by atoms with Crippen molar-refractivity contribution >= 4 is 56.6 Å². The molecule has 0 radical (unpaired) electrons. The molecule has 0 saturated heterocycles. The van der Waals surface area contributed by atoms with Crippen LogP contribution in [0.5, 0.6) is 0 Å². The Labute approximate surface area is 196 Å². The third-order valence-electron chi connectivity index (χ3n) is 4.42. The number of rotatable bonds is 8. The van der Waals surface area contributed by atoms with Crippen LogP contribution in [0, 0.1) is 0 Å². The maximum atomic E-state index is 13.1. The van der Waals surface area contributed by atoms with Crippen molar-refractivity contribution in [2.24, 2.45) is 0 Å². The highest BCUT2D eigenvalue weighted by Gasteiger charge is 2.28. The number of sulfonamides is 1. The molecule has 1 atom stereocenters. The molecule has 0 fully saturated rings. The van der Waals surface area contributed by atoms with E-state index in [0.717, 1.165) is 10.5 Å². The van der Waals surface area contributed by atoms with E-state index in [1.807, 2.05) is 54.8 Å². The first-order valence-corrected chi connectivity index (χ1v) is 12.7. The third-order valence-corrected chi connectivity index (χ3v) is 7.33. The molecule has 0 aliphatic rings. The van der Waals surface area contributed by atoms with Crippen LogP contribution in [0.3, 0.4) is 0 Å². The zero-order valence-electron chi connectivity index (χ0n) is 16.5. The molecule has 0 aliphatic carbocycles. The lowest BCUT2D eigenvalue weighted by molar-refractivity contribution is -0.117. The van der Waals surface area contributed by atoms with Gasteiger partial charge in [-0.05, 0) is 54.6 Å². The number of carbonyl (C=O) groups is 1. The summed E-state index contributed by atoms with van der Waals surface area (Å²) in [6.45, 7) is 0. The molecule has 1 amide bonds. The molecule has 0 saturated carbocycles. The van der Waals surface area contributed by atoms with Crippen molar-refractivity contribution in [2.45, 2.75) is 22.3 Å². The Bertz CT molecular complexity index is 1170. The Morgan fingerprint density at radius 3 is 2.45 bits per heavy atom. The summed E-state index contributed by atoms with van der Waals surface area (Å²) in [7, 11) is -4.11. The predicted molar refractivity (Wildman–Crippen MR) is 128 cm³/mol. The molecule has 0 aromatic heterocycles. The van der Waals surface area contributed by atoms with Crippen LogP contribution < -0.4 is 10.0 Å². The maximum Gasteiger partial charge on any atom is 0.242 e. The maximum absolute atomic E-state index is 13.1.